The summed E-state index contributed by atoms with van der Waals surface area (Å²) >= 11 is 0. The molecule has 0 amide bonds. The number of phenolic OH excluding ortho intramolecular Hbond substituents is 1. The maximum absolute atomic E-state index is 13.2. The molecule has 0 saturated carbocycles. The van der Waals surface area contributed by atoms with Gasteiger partial charge in [0.25, 0.3) is 0 Å². The average molecular weight is 263 g/mol. The van der Waals surface area contributed by atoms with Crippen LogP contribution in [-0.4, -0.2) is 26.5 Å². The molecule has 7 heteroatoms. The molecule has 1 atom stereocenters. The van der Waals surface area contributed by atoms with Crippen molar-refractivity contribution in [3.05, 3.63) is 29.9 Å². The van der Waals surface area contributed by atoms with E-state index in [1.54, 1.807) is 0 Å². The van der Waals surface area contributed by atoms with Crippen molar-refractivity contribution >= 4 is 0 Å². The molecule has 2 rings (SSSR count). The van der Waals surface area contributed by atoms with Gasteiger partial charge in [-0.3, -0.25) is 0 Å². The summed E-state index contributed by atoms with van der Waals surface area (Å²) in [5.74, 6) is -0.936. The summed E-state index contributed by atoms with van der Waals surface area (Å²) in [5.41, 5.74) is 0.347. The molecule has 0 aliphatic rings. The number of rotatable bonds is 4. The van der Waals surface area contributed by atoms with Gasteiger partial charge in [-0.05, 0) is 18.2 Å². The van der Waals surface area contributed by atoms with Crippen LogP contribution < -0.4 is 0 Å². The fraction of sp³-hybridized carbons (Fsp3) is 0.250. The maximum atomic E-state index is 13.2. The van der Waals surface area contributed by atoms with Crippen molar-refractivity contribution < 1.29 is 19.1 Å². The van der Waals surface area contributed by atoms with Crippen LogP contribution in [0.5, 0.6) is 5.75 Å². The Morgan fingerprint density at radius 1 is 1.47 bits per heavy atom. The van der Waals surface area contributed by atoms with Gasteiger partial charge in [-0.15, -0.1) is 0 Å². The molecule has 1 heterocycles. The molecule has 0 saturated heterocycles. The standard InChI is InChI=1S/C12H10FN3O3/c13-9-5-7(1-2-10(9)18)12-15-11(19-16-12)6-8(17)3-4-14/h1-2,5,8,17-18H,3,6H2. The number of aromatic hydroxyl groups is 1. The first-order valence-electron chi connectivity index (χ1n) is 5.46. The molecule has 98 valence electrons. The van der Waals surface area contributed by atoms with E-state index in [4.69, 9.17) is 14.9 Å². The fourth-order valence-electron chi connectivity index (χ4n) is 1.48. The molecular formula is C12H10FN3O3. The lowest BCUT2D eigenvalue weighted by molar-refractivity contribution is 0.167. The van der Waals surface area contributed by atoms with E-state index < -0.39 is 17.7 Å². The lowest BCUT2D eigenvalue weighted by Crippen LogP contribution is -2.09. The molecule has 2 N–H and O–H groups in total. The molecule has 2 aromatic rings. The molecule has 1 aromatic carbocycles. The van der Waals surface area contributed by atoms with Crippen LogP contribution in [0, 0.1) is 17.1 Å². The monoisotopic (exact) mass is 263 g/mol. The van der Waals surface area contributed by atoms with Crippen LogP contribution in [-0.2, 0) is 6.42 Å². The summed E-state index contributed by atoms with van der Waals surface area (Å²) in [6, 6.07) is 5.53. The minimum Gasteiger partial charge on any atom is -0.505 e. The molecule has 0 radical (unpaired) electrons. The van der Waals surface area contributed by atoms with E-state index in [-0.39, 0.29) is 24.6 Å². The number of hydrogen-bond acceptors (Lipinski definition) is 6. The zero-order valence-electron chi connectivity index (χ0n) is 9.75. The van der Waals surface area contributed by atoms with E-state index >= 15 is 0 Å². The largest absolute Gasteiger partial charge is 0.505 e. The van der Waals surface area contributed by atoms with Gasteiger partial charge in [0.15, 0.2) is 11.6 Å². The van der Waals surface area contributed by atoms with E-state index in [1.807, 2.05) is 6.07 Å². The van der Waals surface area contributed by atoms with E-state index in [0.717, 1.165) is 6.07 Å². The summed E-state index contributed by atoms with van der Waals surface area (Å²) in [6.07, 6.45) is -0.859. The Bertz CT molecular complexity index is 621. The summed E-state index contributed by atoms with van der Waals surface area (Å²) in [4.78, 5) is 3.98. The Kier molecular flexibility index (Phi) is 3.73. The second kappa shape index (κ2) is 5.46. The molecule has 19 heavy (non-hydrogen) atoms. The van der Waals surface area contributed by atoms with Gasteiger partial charge in [-0.25, -0.2) is 4.39 Å². The van der Waals surface area contributed by atoms with Crippen LogP contribution >= 0.6 is 0 Å². The Morgan fingerprint density at radius 2 is 2.26 bits per heavy atom. The minimum absolute atomic E-state index is 0.0362. The Hall–Kier alpha value is -2.46. The first-order chi connectivity index (χ1) is 9.10. The van der Waals surface area contributed by atoms with Crippen LogP contribution in [0.25, 0.3) is 11.4 Å². The second-order valence-electron chi connectivity index (χ2n) is 3.90. The van der Waals surface area contributed by atoms with Gasteiger partial charge in [-0.2, -0.15) is 10.2 Å². The number of aliphatic hydroxyl groups excluding tert-OH is 1. The highest BCUT2D eigenvalue weighted by atomic mass is 19.1. The quantitative estimate of drug-likeness (QED) is 0.864. The van der Waals surface area contributed by atoms with Crippen molar-refractivity contribution in [1.82, 2.24) is 10.1 Å². The predicted octanol–water partition coefficient (Wildman–Crippen LogP) is 1.40. The van der Waals surface area contributed by atoms with Crippen molar-refractivity contribution in [2.24, 2.45) is 0 Å². The van der Waals surface area contributed by atoms with Crippen LogP contribution in [0.15, 0.2) is 22.7 Å². The van der Waals surface area contributed by atoms with Crippen molar-refractivity contribution in [2.75, 3.05) is 0 Å². The highest BCUT2D eigenvalue weighted by Gasteiger charge is 2.14. The number of aromatic nitrogens is 2. The topological polar surface area (TPSA) is 103 Å². The molecule has 0 bridgehead atoms. The molecule has 0 aliphatic carbocycles. The summed E-state index contributed by atoms with van der Waals surface area (Å²) in [6.45, 7) is 0. The normalized spacial score (nSPS) is 12.1. The van der Waals surface area contributed by atoms with E-state index in [1.165, 1.54) is 12.1 Å². The maximum Gasteiger partial charge on any atom is 0.229 e. The van der Waals surface area contributed by atoms with Crippen molar-refractivity contribution in [3.63, 3.8) is 0 Å². The van der Waals surface area contributed by atoms with Gasteiger partial charge in [0.2, 0.25) is 11.7 Å². The van der Waals surface area contributed by atoms with Gasteiger partial charge in [0, 0.05) is 5.56 Å². The summed E-state index contributed by atoms with van der Waals surface area (Å²) < 4.78 is 18.1. The third-order valence-electron chi connectivity index (χ3n) is 2.41. The van der Waals surface area contributed by atoms with Gasteiger partial charge < -0.3 is 14.7 Å². The second-order valence-corrected chi connectivity index (χ2v) is 3.90. The summed E-state index contributed by atoms with van der Waals surface area (Å²) in [5, 5.41) is 30.5. The average Bonchev–Trinajstić information content (AvgIpc) is 2.81. The molecular weight excluding hydrogens is 253 g/mol. The number of phenols is 1. The number of hydrogen-bond donors (Lipinski definition) is 2. The number of aliphatic hydroxyl groups is 1. The van der Waals surface area contributed by atoms with Gasteiger partial charge in [0.05, 0.1) is 25.0 Å². The Morgan fingerprint density at radius 3 is 2.95 bits per heavy atom. The zero-order chi connectivity index (χ0) is 13.8. The molecule has 0 fully saturated rings. The molecule has 1 aromatic heterocycles. The van der Waals surface area contributed by atoms with Gasteiger partial charge in [0.1, 0.15) is 0 Å². The minimum atomic E-state index is -0.880. The highest BCUT2D eigenvalue weighted by molar-refractivity contribution is 5.55. The summed E-state index contributed by atoms with van der Waals surface area (Å²) in [7, 11) is 0. The van der Waals surface area contributed by atoms with Crippen molar-refractivity contribution in [3.8, 4) is 23.2 Å². The van der Waals surface area contributed by atoms with Crippen LogP contribution in [0.4, 0.5) is 4.39 Å². The lowest BCUT2D eigenvalue weighted by Gasteiger charge is -2.00. The molecule has 0 aliphatic heterocycles. The zero-order valence-corrected chi connectivity index (χ0v) is 9.75. The van der Waals surface area contributed by atoms with Crippen molar-refractivity contribution in [2.45, 2.75) is 18.9 Å². The lowest BCUT2D eigenvalue weighted by atomic mass is 10.2. The number of halogens is 1. The van der Waals surface area contributed by atoms with Crippen molar-refractivity contribution in [1.29, 1.82) is 5.26 Å². The fourth-order valence-corrected chi connectivity index (χ4v) is 1.48. The van der Waals surface area contributed by atoms with Crippen LogP contribution in [0.1, 0.15) is 12.3 Å². The van der Waals surface area contributed by atoms with E-state index in [2.05, 4.69) is 10.1 Å². The van der Waals surface area contributed by atoms with Gasteiger partial charge >= 0.3 is 0 Å². The first kappa shape index (κ1) is 13.0. The SMILES string of the molecule is N#CCC(O)Cc1nc(-c2ccc(O)c(F)c2)no1. The number of nitriles is 1. The number of nitrogens with zero attached hydrogens (tertiary/aromatic N) is 3. The van der Waals surface area contributed by atoms with E-state index in [9.17, 15) is 9.50 Å². The Labute approximate surface area is 107 Å². The molecule has 6 nitrogen and oxygen atoms in total. The van der Waals surface area contributed by atoms with Gasteiger partial charge in [-0.1, -0.05) is 5.16 Å². The van der Waals surface area contributed by atoms with Crippen LogP contribution in [0.2, 0.25) is 0 Å². The Balaban J connectivity index is 2.16. The number of benzene rings is 1. The molecule has 1 unspecified atom stereocenters. The van der Waals surface area contributed by atoms with E-state index in [0.29, 0.717) is 5.56 Å². The molecule has 0 spiro atoms. The third kappa shape index (κ3) is 3.05. The predicted molar refractivity (Wildman–Crippen MR) is 61.3 cm³/mol. The van der Waals surface area contributed by atoms with Crippen LogP contribution in [0.3, 0.4) is 0 Å². The third-order valence-corrected chi connectivity index (χ3v) is 2.41. The smallest absolute Gasteiger partial charge is 0.229 e. The first-order valence-corrected chi connectivity index (χ1v) is 5.46. The highest BCUT2D eigenvalue weighted by Crippen LogP contribution is 2.22.